The molecule has 0 fully saturated rings. The number of hydrogen-bond acceptors (Lipinski definition) is 5. The molecule has 31 heavy (non-hydrogen) atoms. The highest BCUT2D eigenvalue weighted by atomic mass is 35.5. The molecule has 2 heterocycles. The van der Waals surface area contributed by atoms with Gasteiger partial charge in [-0.25, -0.2) is 9.78 Å². The van der Waals surface area contributed by atoms with Gasteiger partial charge in [-0.05, 0) is 44.0 Å². The van der Waals surface area contributed by atoms with Crippen LogP contribution in [0.2, 0.25) is 5.02 Å². The number of anilines is 2. The molecule has 3 aromatic rings. The predicted octanol–water partition coefficient (Wildman–Crippen LogP) is 3.71. The molecule has 1 amide bonds. The quantitative estimate of drug-likeness (QED) is 0.579. The molecule has 0 saturated carbocycles. The van der Waals surface area contributed by atoms with E-state index in [9.17, 15) is 14.7 Å². The first-order valence-electron chi connectivity index (χ1n) is 9.68. The van der Waals surface area contributed by atoms with E-state index in [4.69, 9.17) is 11.6 Å². The van der Waals surface area contributed by atoms with Crippen molar-refractivity contribution in [2.75, 3.05) is 23.8 Å². The number of amides is 1. The second-order valence-electron chi connectivity index (χ2n) is 7.28. The van der Waals surface area contributed by atoms with Gasteiger partial charge in [0.05, 0.1) is 28.2 Å². The Bertz CT molecular complexity index is 1140. The number of nitrogens with one attached hydrogen (secondary N) is 1. The lowest BCUT2D eigenvalue weighted by molar-refractivity contribution is 0.0696. The summed E-state index contributed by atoms with van der Waals surface area (Å²) in [6, 6.07) is 8.03. The topological polar surface area (TPSA) is 100 Å². The molecule has 3 rings (SSSR count). The predicted molar refractivity (Wildman–Crippen MR) is 120 cm³/mol. The number of aromatic nitrogens is 3. The van der Waals surface area contributed by atoms with Crippen molar-refractivity contribution < 1.29 is 14.7 Å². The Morgan fingerprint density at radius 3 is 2.55 bits per heavy atom. The summed E-state index contributed by atoms with van der Waals surface area (Å²) in [6.07, 6.45) is 2.14. The zero-order chi connectivity index (χ0) is 22.7. The molecule has 0 unspecified atom stereocenters. The standard InChI is InChI=1S/C22H24ClN5O3/c1-13-16(14(2)28(4)26-13)9-10-27(3)20-18(22(30)31)11-15(12-24-20)25-21(29)17-7-5-6-8-19(17)23/h5-8,11-12H,9-10H2,1-4H3,(H,25,29)(H,30,31). The van der Waals surface area contributed by atoms with Crippen LogP contribution in [0.4, 0.5) is 11.5 Å². The summed E-state index contributed by atoms with van der Waals surface area (Å²) in [5.74, 6) is -1.24. The van der Waals surface area contributed by atoms with Crippen molar-refractivity contribution in [3.63, 3.8) is 0 Å². The summed E-state index contributed by atoms with van der Waals surface area (Å²) in [5.41, 5.74) is 3.74. The molecule has 0 radical (unpaired) electrons. The zero-order valence-corrected chi connectivity index (χ0v) is 18.6. The third-order valence-corrected chi connectivity index (χ3v) is 5.52. The van der Waals surface area contributed by atoms with Crippen molar-refractivity contribution in [1.29, 1.82) is 0 Å². The van der Waals surface area contributed by atoms with Crippen molar-refractivity contribution in [1.82, 2.24) is 14.8 Å². The maximum atomic E-state index is 12.5. The maximum absolute atomic E-state index is 12.5. The lowest BCUT2D eigenvalue weighted by Gasteiger charge is -2.20. The van der Waals surface area contributed by atoms with Gasteiger partial charge in [0.2, 0.25) is 0 Å². The van der Waals surface area contributed by atoms with Gasteiger partial charge >= 0.3 is 5.97 Å². The van der Waals surface area contributed by atoms with Gasteiger partial charge in [-0.1, -0.05) is 23.7 Å². The van der Waals surface area contributed by atoms with Crippen LogP contribution in [0.1, 0.15) is 37.7 Å². The van der Waals surface area contributed by atoms with Gasteiger partial charge in [0.1, 0.15) is 11.4 Å². The van der Waals surface area contributed by atoms with Gasteiger partial charge in [-0.15, -0.1) is 0 Å². The minimum absolute atomic E-state index is 0.000843. The second-order valence-corrected chi connectivity index (χ2v) is 7.69. The van der Waals surface area contributed by atoms with Gasteiger partial charge in [-0.3, -0.25) is 9.48 Å². The molecular weight excluding hydrogens is 418 g/mol. The molecule has 162 valence electrons. The number of halogens is 1. The number of carboxylic acids is 1. The smallest absolute Gasteiger partial charge is 0.339 e. The van der Waals surface area contributed by atoms with Gasteiger partial charge in [0, 0.05) is 26.3 Å². The van der Waals surface area contributed by atoms with Gasteiger partial charge in [0.15, 0.2) is 0 Å². The van der Waals surface area contributed by atoms with Crippen molar-refractivity contribution in [3.8, 4) is 0 Å². The van der Waals surface area contributed by atoms with Crippen molar-refractivity contribution in [2.45, 2.75) is 20.3 Å². The largest absolute Gasteiger partial charge is 0.478 e. The van der Waals surface area contributed by atoms with E-state index in [1.54, 1.807) is 36.2 Å². The normalized spacial score (nSPS) is 10.7. The fourth-order valence-electron chi connectivity index (χ4n) is 3.40. The van der Waals surface area contributed by atoms with Crippen LogP contribution in [0.15, 0.2) is 36.5 Å². The number of aromatic carboxylic acids is 1. The minimum Gasteiger partial charge on any atom is -0.478 e. The molecular formula is C22H24ClN5O3. The highest BCUT2D eigenvalue weighted by Gasteiger charge is 2.19. The summed E-state index contributed by atoms with van der Waals surface area (Å²) in [5, 5.41) is 17.1. The molecule has 1 aromatic carbocycles. The Hall–Kier alpha value is -3.39. The molecule has 0 spiro atoms. The lowest BCUT2D eigenvalue weighted by Crippen LogP contribution is -2.24. The number of hydrogen-bond donors (Lipinski definition) is 2. The molecule has 0 aliphatic carbocycles. The highest BCUT2D eigenvalue weighted by molar-refractivity contribution is 6.34. The number of likely N-dealkylation sites (N-methyl/N-ethyl adjacent to an activating group) is 1. The molecule has 0 aliphatic heterocycles. The Labute approximate surface area is 185 Å². The molecule has 0 atom stereocenters. The molecule has 2 N–H and O–H groups in total. The monoisotopic (exact) mass is 441 g/mol. The van der Waals surface area contributed by atoms with Crippen molar-refractivity contribution >= 4 is 35.0 Å². The van der Waals surface area contributed by atoms with Gasteiger partial charge in [-0.2, -0.15) is 5.10 Å². The summed E-state index contributed by atoms with van der Waals surface area (Å²) >= 11 is 6.06. The third-order valence-electron chi connectivity index (χ3n) is 5.19. The Morgan fingerprint density at radius 1 is 1.23 bits per heavy atom. The minimum atomic E-state index is -1.13. The number of rotatable bonds is 7. The fraction of sp³-hybridized carbons (Fsp3) is 0.273. The number of carbonyl (C=O) groups is 2. The molecule has 0 saturated heterocycles. The van der Waals surface area contributed by atoms with Gasteiger partial charge < -0.3 is 15.3 Å². The van der Waals surface area contributed by atoms with Crippen LogP contribution < -0.4 is 10.2 Å². The number of pyridine rings is 1. The molecule has 0 aliphatic rings. The molecule has 8 nitrogen and oxygen atoms in total. The van der Waals surface area contributed by atoms with Crippen LogP contribution in [0.5, 0.6) is 0 Å². The average molecular weight is 442 g/mol. The number of benzene rings is 1. The summed E-state index contributed by atoms with van der Waals surface area (Å²) in [6.45, 7) is 4.53. The SMILES string of the molecule is Cc1nn(C)c(C)c1CCN(C)c1ncc(NC(=O)c2ccccc2Cl)cc1C(=O)O. The van der Waals surface area contributed by atoms with E-state index in [2.05, 4.69) is 15.4 Å². The van der Waals surface area contributed by atoms with Crippen LogP contribution in [0.3, 0.4) is 0 Å². The van der Waals surface area contributed by atoms with E-state index in [0.29, 0.717) is 29.4 Å². The zero-order valence-electron chi connectivity index (χ0n) is 17.8. The van der Waals surface area contributed by atoms with Gasteiger partial charge in [0.25, 0.3) is 5.91 Å². The Morgan fingerprint density at radius 2 is 1.94 bits per heavy atom. The van der Waals surface area contributed by atoms with Crippen LogP contribution in [-0.2, 0) is 13.5 Å². The molecule has 2 aromatic heterocycles. The van der Waals surface area contributed by atoms with Crippen LogP contribution in [0.25, 0.3) is 0 Å². The summed E-state index contributed by atoms with van der Waals surface area (Å²) < 4.78 is 1.84. The summed E-state index contributed by atoms with van der Waals surface area (Å²) in [7, 11) is 3.69. The highest BCUT2D eigenvalue weighted by Crippen LogP contribution is 2.23. The van der Waals surface area contributed by atoms with E-state index >= 15 is 0 Å². The van der Waals surface area contributed by atoms with E-state index in [1.807, 2.05) is 25.6 Å². The fourth-order valence-corrected chi connectivity index (χ4v) is 3.62. The Kier molecular flexibility index (Phi) is 6.60. The first-order valence-corrected chi connectivity index (χ1v) is 10.1. The average Bonchev–Trinajstić information content (AvgIpc) is 2.97. The van der Waals surface area contributed by atoms with Crippen LogP contribution in [-0.4, -0.2) is 45.3 Å². The third kappa shape index (κ3) is 4.86. The first kappa shape index (κ1) is 22.3. The van der Waals surface area contributed by atoms with Crippen molar-refractivity contribution in [2.24, 2.45) is 7.05 Å². The van der Waals surface area contributed by atoms with E-state index in [-0.39, 0.29) is 11.3 Å². The van der Waals surface area contributed by atoms with Crippen LogP contribution in [0, 0.1) is 13.8 Å². The van der Waals surface area contributed by atoms with Crippen LogP contribution >= 0.6 is 11.6 Å². The molecule has 9 heteroatoms. The number of carbonyl (C=O) groups excluding carboxylic acids is 1. The van der Waals surface area contributed by atoms with E-state index < -0.39 is 11.9 Å². The second kappa shape index (κ2) is 9.18. The van der Waals surface area contributed by atoms with Crippen molar-refractivity contribution in [3.05, 3.63) is 69.6 Å². The van der Waals surface area contributed by atoms with E-state index in [0.717, 1.165) is 17.0 Å². The Balaban J connectivity index is 1.79. The maximum Gasteiger partial charge on any atom is 0.339 e. The number of aryl methyl sites for hydroxylation is 2. The summed E-state index contributed by atoms with van der Waals surface area (Å²) in [4.78, 5) is 30.4. The number of carboxylic acid groups (broad SMARTS) is 1. The lowest BCUT2D eigenvalue weighted by atomic mass is 10.1. The van der Waals surface area contributed by atoms with E-state index in [1.165, 1.54) is 12.3 Å². The first-order chi connectivity index (χ1) is 14.7. The number of nitrogens with zero attached hydrogens (tertiary/aromatic N) is 4. The molecule has 0 bridgehead atoms.